The molecule has 0 saturated carbocycles. The van der Waals surface area contributed by atoms with Gasteiger partial charge in [-0.15, -0.1) is 21.5 Å². The summed E-state index contributed by atoms with van der Waals surface area (Å²) in [7, 11) is 1.63. The van der Waals surface area contributed by atoms with Crippen molar-refractivity contribution in [3.8, 4) is 28.4 Å². The number of carbonyl (C=O) groups excluding carboxylic acids is 1. The van der Waals surface area contributed by atoms with E-state index in [9.17, 15) is 4.79 Å². The van der Waals surface area contributed by atoms with Gasteiger partial charge < -0.3 is 14.6 Å². The zero-order chi connectivity index (χ0) is 22.5. The number of amides is 1. The molecule has 7 nitrogen and oxygen atoms in total. The van der Waals surface area contributed by atoms with E-state index in [1.165, 1.54) is 28.7 Å². The number of aryl methyl sites for hydroxylation is 1. The zero-order valence-electron chi connectivity index (χ0n) is 18.0. The Morgan fingerprint density at radius 1 is 1.16 bits per heavy atom. The lowest BCUT2D eigenvalue weighted by molar-refractivity contribution is -0.113. The van der Waals surface area contributed by atoms with Gasteiger partial charge in [-0.3, -0.25) is 4.79 Å². The number of ether oxygens (including phenoxy) is 1. The van der Waals surface area contributed by atoms with Gasteiger partial charge >= 0.3 is 0 Å². The van der Waals surface area contributed by atoms with Crippen molar-refractivity contribution in [3.05, 3.63) is 59.5 Å². The largest absolute Gasteiger partial charge is 0.496 e. The number of para-hydroxylation sites is 1. The van der Waals surface area contributed by atoms with Crippen molar-refractivity contribution in [2.75, 3.05) is 18.2 Å². The van der Waals surface area contributed by atoms with Gasteiger partial charge in [0.25, 0.3) is 0 Å². The first-order valence-electron chi connectivity index (χ1n) is 10.1. The van der Waals surface area contributed by atoms with Crippen LogP contribution in [0.3, 0.4) is 0 Å². The van der Waals surface area contributed by atoms with Crippen LogP contribution in [0.15, 0.2) is 59.1 Å². The van der Waals surface area contributed by atoms with E-state index in [4.69, 9.17) is 4.74 Å². The van der Waals surface area contributed by atoms with Crippen LogP contribution >= 0.6 is 23.1 Å². The number of thiazole rings is 1. The van der Waals surface area contributed by atoms with Crippen LogP contribution in [0, 0.1) is 6.92 Å². The Morgan fingerprint density at radius 2 is 1.94 bits per heavy atom. The normalized spacial score (nSPS) is 10.8. The molecule has 4 rings (SSSR count). The summed E-state index contributed by atoms with van der Waals surface area (Å²) >= 11 is 2.76. The molecule has 32 heavy (non-hydrogen) atoms. The van der Waals surface area contributed by atoms with E-state index >= 15 is 0 Å². The summed E-state index contributed by atoms with van der Waals surface area (Å²) in [6, 6.07) is 15.8. The molecule has 0 radical (unpaired) electrons. The molecular weight excluding hydrogens is 442 g/mol. The quantitative estimate of drug-likeness (QED) is 0.363. The fraction of sp³-hybridized carbons (Fsp3) is 0.217. The summed E-state index contributed by atoms with van der Waals surface area (Å²) in [5, 5.41) is 14.7. The van der Waals surface area contributed by atoms with E-state index in [2.05, 4.69) is 20.5 Å². The first kappa shape index (κ1) is 22.0. The predicted molar refractivity (Wildman–Crippen MR) is 129 cm³/mol. The standard InChI is InChI=1S/C23H23N5O2S2/c1-4-28-21(17-7-5-6-8-19(17)30-3)26-27-23(28)32-14-20(29)25-22-24-18(13-31-22)16-11-9-15(2)10-12-16/h5-13H,4,14H2,1-3H3,(H,24,25,29). The lowest BCUT2D eigenvalue weighted by Gasteiger charge is -2.10. The highest BCUT2D eigenvalue weighted by atomic mass is 32.2. The molecule has 0 atom stereocenters. The number of methoxy groups -OCH3 is 1. The van der Waals surface area contributed by atoms with E-state index in [0.29, 0.717) is 16.8 Å². The van der Waals surface area contributed by atoms with Gasteiger partial charge in [-0.05, 0) is 26.0 Å². The molecule has 164 valence electrons. The van der Waals surface area contributed by atoms with Crippen molar-refractivity contribution in [2.45, 2.75) is 25.5 Å². The highest BCUT2D eigenvalue weighted by Gasteiger charge is 2.17. The topological polar surface area (TPSA) is 81.9 Å². The van der Waals surface area contributed by atoms with Crippen LogP contribution in [0.25, 0.3) is 22.6 Å². The number of anilines is 1. The van der Waals surface area contributed by atoms with Crippen LogP contribution in [0.2, 0.25) is 0 Å². The molecule has 0 fully saturated rings. The third-order valence-corrected chi connectivity index (χ3v) is 6.54. The van der Waals surface area contributed by atoms with Crippen molar-refractivity contribution in [1.29, 1.82) is 0 Å². The first-order valence-corrected chi connectivity index (χ1v) is 12.0. The Balaban J connectivity index is 1.41. The van der Waals surface area contributed by atoms with Gasteiger partial charge in [-0.2, -0.15) is 0 Å². The average molecular weight is 466 g/mol. The fourth-order valence-electron chi connectivity index (χ4n) is 3.18. The van der Waals surface area contributed by atoms with Crippen LogP contribution in [0.1, 0.15) is 12.5 Å². The molecule has 0 spiro atoms. The monoisotopic (exact) mass is 465 g/mol. The molecule has 2 aromatic carbocycles. The molecule has 9 heteroatoms. The van der Waals surface area contributed by atoms with Crippen LogP contribution in [-0.4, -0.2) is 38.5 Å². The number of benzene rings is 2. The van der Waals surface area contributed by atoms with Gasteiger partial charge in [0.1, 0.15) is 5.75 Å². The predicted octanol–water partition coefficient (Wildman–Crippen LogP) is 5.14. The SMILES string of the molecule is CCn1c(SCC(=O)Nc2nc(-c3ccc(C)cc3)cs2)nnc1-c1ccccc1OC. The summed E-state index contributed by atoms with van der Waals surface area (Å²) in [5.41, 5.74) is 3.95. The lowest BCUT2D eigenvalue weighted by Crippen LogP contribution is -2.14. The van der Waals surface area contributed by atoms with E-state index in [0.717, 1.165) is 28.4 Å². The Bertz CT molecular complexity index is 1220. The van der Waals surface area contributed by atoms with Crippen LogP contribution in [0.5, 0.6) is 5.75 Å². The van der Waals surface area contributed by atoms with E-state index in [-0.39, 0.29) is 11.7 Å². The third-order valence-electron chi connectivity index (χ3n) is 4.81. The minimum atomic E-state index is -0.135. The maximum Gasteiger partial charge on any atom is 0.236 e. The minimum Gasteiger partial charge on any atom is -0.496 e. The van der Waals surface area contributed by atoms with Gasteiger partial charge in [0.2, 0.25) is 5.91 Å². The second-order valence-corrected chi connectivity index (χ2v) is 8.79. The Labute approximate surface area is 194 Å². The molecule has 0 saturated heterocycles. The fourth-order valence-corrected chi connectivity index (χ4v) is 4.72. The van der Waals surface area contributed by atoms with Crippen LogP contribution in [0.4, 0.5) is 5.13 Å². The molecular formula is C23H23N5O2S2. The molecule has 0 aliphatic carbocycles. The van der Waals surface area contributed by atoms with Crippen molar-refractivity contribution in [2.24, 2.45) is 0 Å². The Morgan fingerprint density at radius 3 is 2.69 bits per heavy atom. The third kappa shape index (κ3) is 4.84. The molecule has 0 aliphatic rings. The molecule has 1 amide bonds. The number of thioether (sulfide) groups is 1. The number of rotatable bonds is 8. The van der Waals surface area contributed by atoms with Crippen LogP contribution in [-0.2, 0) is 11.3 Å². The molecule has 1 N–H and O–H groups in total. The Kier molecular flexibility index (Phi) is 6.87. The Hall–Kier alpha value is -3.17. The highest BCUT2D eigenvalue weighted by molar-refractivity contribution is 7.99. The van der Waals surface area contributed by atoms with Gasteiger partial charge in [0.15, 0.2) is 16.1 Å². The second-order valence-electron chi connectivity index (χ2n) is 6.99. The maximum absolute atomic E-state index is 12.5. The summed E-state index contributed by atoms with van der Waals surface area (Å²) in [4.78, 5) is 17.0. The molecule has 0 aliphatic heterocycles. The summed E-state index contributed by atoms with van der Waals surface area (Å²) in [6.45, 7) is 4.75. The first-order chi connectivity index (χ1) is 15.6. The van der Waals surface area contributed by atoms with Crippen LogP contribution < -0.4 is 10.1 Å². The van der Waals surface area contributed by atoms with E-state index < -0.39 is 0 Å². The summed E-state index contributed by atoms with van der Waals surface area (Å²) < 4.78 is 7.44. The minimum absolute atomic E-state index is 0.135. The average Bonchev–Trinajstić information content (AvgIpc) is 3.44. The number of nitrogens with one attached hydrogen (secondary N) is 1. The number of nitrogens with zero attached hydrogens (tertiary/aromatic N) is 4. The number of carbonyl (C=O) groups is 1. The lowest BCUT2D eigenvalue weighted by atomic mass is 10.1. The number of hydrogen-bond acceptors (Lipinski definition) is 7. The van der Waals surface area contributed by atoms with Crippen molar-refractivity contribution in [3.63, 3.8) is 0 Å². The summed E-state index contributed by atoms with van der Waals surface area (Å²) in [5.74, 6) is 1.53. The van der Waals surface area contributed by atoms with Crippen molar-refractivity contribution >= 4 is 34.1 Å². The van der Waals surface area contributed by atoms with Gasteiger partial charge in [-0.1, -0.05) is 53.7 Å². The smallest absolute Gasteiger partial charge is 0.236 e. The van der Waals surface area contributed by atoms with E-state index in [1.807, 2.05) is 72.3 Å². The maximum atomic E-state index is 12.5. The molecule has 4 aromatic rings. The molecule has 0 unspecified atom stereocenters. The van der Waals surface area contributed by atoms with Gasteiger partial charge in [0, 0.05) is 17.5 Å². The number of hydrogen-bond donors (Lipinski definition) is 1. The molecule has 2 aromatic heterocycles. The summed E-state index contributed by atoms with van der Waals surface area (Å²) in [6.07, 6.45) is 0. The van der Waals surface area contributed by atoms with Gasteiger partial charge in [-0.25, -0.2) is 4.98 Å². The highest BCUT2D eigenvalue weighted by Crippen LogP contribution is 2.31. The second kappa shape index (κ2) is 9.97. The van der Waals surface area contributed by atoms with Crippen molar-refractivity contribution < 1.29 is 9.53 Å². The molecule has 0 bridgehead atoms. The van der Waals surface area contributed by atoms with Crippen molar-refractivity contribution in [1.82, 2.24) is 19.7 Å². The molecule has 2 heterocycles. The number of aromatic nitrogens is 4. The van der Waals surface area contributed by atoms with E-state index in [1.54, 1.807) is 7.11 Å². The zero-order valence-corrected chi connectivity index (χ0v) is 19.7. The van der Waals surface area contributed by atoms with Gasteiger partial charge in [0.05, 0.1) is 24.1 Å².